The number of aryl methyl sites for hydroxylation is 1. The zero-order valence-corrected chi connectivity index (χ0v) is 18.0. The standard InChI is InChI=1S/C20H21Cl2N3O2S/c1-13(2)25(12-14-8-9-15(21)16(22)11-14)19(26)7-3-6-18-23-20(24-27-18)17-5-4-10-28-17/h4-5,8-11,13H,3,6-7,12H2,1-2H3. The molecule has 2 heterocycles. The van der Waals surface area contributed by atoms with E-state index in [0.29, 0.717) is 47.6 Å². The Bertz CT molecular complexity index is 925. The van der Waals surface area contributed by atoms with Crippen LogP contribution in [0, 0.1) is 0 Å². The summed E-state index contributed by atoms with van der Waals surface area (Å²) in [6.07, 6.45) is 1.63. The Kier molecular flexibility index (Phi) is 7.10. The van der Waals surface area contributed by atoms with Crippen LogP contribution in [0.5, 0.6) is 0 Å². The number of benzene rings is 1. The van der Waals surface area contributed by atoms with E-state index in [1.54, 1.807) is 23.5 Å². The maximum Gasteiger partial charge on any atom is 0.226 e. The molecule has 0 spiro atoms. The van der Waals surface area contributed by atoms with Gasteiger partial charge in [0.1, 0.15) is 0 Å². The van der Waals surface area contributed by atoms with Crippen molar-refractivity contribution in [1.29, 1.82) is 0 Å². The minimum atomic E-state index is 0.0794. The van der Waals surface area contributed by atoms with Crippen LogP contribution in [-0.2, 0) is 17.8 Å². The third-order valence-electron chi connectivity index (χ3n) is 4.27. The number of nitrogens with zero attached hydrogens (tertiary/aromatic N) is 3. The molecule has 0 saturated carbocycles. The van der Waals surface area contributed by atoms with Crippen molar-refractivity contribution >= 4 is 40.4 Å². The van der Waals surface area contributed by atoms with Crippen molar-refractivity contribution in [3.63, 3.8) is 0 Å². The molecule has 0 unspecified atom stereocenters. The molecule has 5 nitrogen and oxygen atoms in total. The highest BCUT2D eigenvalue weighted by Gasteiger charge is 2.18. The molecule has 1 aromatic carbocycles. The SMILES string of the molecule is CC(C)N(Cc1ccc(Cl)c(Cl)c1)C(=O)CCCc1nc(-c2cccs2)no1. The third kappa shape index (κ3) is 5.34. The Morgan fingerprint density at radius 1 is 1.25 bits per heavy atom. The number of carbonyl (C=O) groups is 1. The Hall–Kier alpha value is -1.89. The second-order valence-corrected chi connectivity index (χ2v) is 8.47. The van der Waals surface area contributed by atoms with Crippen molar-refractivity contribution in [2.24, 2.45) is 0 Å². The summed E-state index contributed by atoms with van der Waals surface area (Å²) in [6.45, 7) is 4.50. The van der Waals surface area contributed by atoms with Crippen LogP contribution in [0.25, 0.3) is 10.7 Å². The summed E-state index contributed by atoms with van der Waals surface area (Å²) in [5, 5.41) is 6.97. The number of halogens is 2. The van der Waals surface area contributed by atoms with Crippen molar-refractivity contribution in [3.05, 3.63) is 57.2 Å². The van der Waals surface area contributed by atoms with Crippen molar-refractivity contribution in [3.8, 4) is 10.7 Å². The Balaban J connectivity index is 1.55. The lowest BCUT2D eigenvalue weighted by Gasteiger charge is -2.27. The molecule has 0 radical (unpaired) electrons. The molecule has 0 aliphatic rings. The quantitative estimate of drug-likeness (QED) is 0.442. The topological polar surface area (TPSA) is 59.2 Å². The summed E-state index contributed by atoms with van der Waals surface area (Å²) >= 11 is 13.6. The number of amides is 1. The van der Waals surface area contributed by atoms with Gasteiger partial charge in [-0.05, 0) is 49.4 Å². The minimum absolute atomic E-state index is 0.0794. The van der Waals surface area contributed by atoms with Gasteiger partial charge in [0.05, 0.1) is 14.9 Å². The fourth-order valence-electron chi connectivity index (χ4n) is 2.79. The first-order chi connectivity index (χ1) is 13.4. The van der Waals surface area contributed by atoms with Gasteiger partial charge in [-0.15, -0.1) is 11.3 Å². The molecule has 28 heavy (non-hydrogen) atoms. The van der Waals surface area contributed by atoms with Crippen LogP contribution in [-0.4, -0.2) is 27.0 Å². The normalized spacial score (nSPS) is 11.2. The molecule has 8 heteroatoms. The van der Waals surface area contributed by atoms with E-state index in [1.807, 2.05) is 42.3 Å². The lowest BCUT2D eigenvalue weighted by molar-refractivity contribution is -0.133. The summed E-state index contributed by atoms with van der Waals surface area (Å²) in [4.78, 5) is 19.9. The Morgan fingerprint density at radius 2 is 2.07 bits per heavy atom. The molecule has 0 saturated heterocycles. The second-order valence-electron chi connectivity index (χ2n) is 6.71. The highest BCUT2D eigenvalue weighted by atomic mass is 35.5. The van der Waals surface area contributed by atoms with Crippen molar-refractivity contribution in [2.75, 3.05) is 0 Å². The molecule has 0 aliphatic heterocycles. The van der Waals surface area contributed by atoms with Gasteiger partial charge in [0.2, 0.25) is 17.6 Å². The van der Waals surface area contributed by atoms with E-state index in [9.17, 15) is 4.79 Å². The zero-order chi connectivity index (χ0) is 20.1. The molecule has 0 aliphatic carbocycles. The highest BCUT2D eigenvalue weighted by Crippen LogP contribution is 2.24. The van der Waals surface area contributed by atoms with Crippen molar-refractivity contribution < 1.29 is 9.32 Å². The summed E-state index contributed by atoms with van der Waals surface area (Å²) in [5.41, 5.74) is 0.953. The predicted molar refractivity (Wildman–Crippen MR) is 113 cm³/mol. The van der Waals surface area contributed by atoms with Gasteiger partial charge >= 0.3 is 0 Å². The molecule has 3 rings (SSSR count). The van der Waals surface area contributed by atoms with Crippen molar-refractivity contribution in [2.45, 2.75) is 45.7 Å². The van der Waals surface area contributed by atoms with Gasteiger partial charge in [0.15, 0.2) is 0 Å². The maximum atomic E-state index is 12.7. The fraction of sp³-hybridized carbons (Fsp3) is 0.350. The van der Waals surface area contributed by atoms with Gasteiger partial charge in [0.25, 0.3) is 0 Å². The molecule has 0 fully saturated rings. The first-order valence-electron chi connectivity index (χ1n) is 9.04. The smallest absolute Gasteiger partial charge is 0.226 e. The van der Waals surface area contributed by atoms with E-state index in [4.69, 9.17) is 27.7 Å². The van der Waals surface area contributed by atoms with Crippen LogP contribution in [0.3, 0.4) is 0 Å². The Labute approximate surface area is 178 Å². The van der Waals surface area contributed by atoms with Crippen LogP contribution < -0.4 is 0 Å². The molecular formula is C20H21Cl2N3O2S. The largest absolute Gasteiger partial charge is 0.339 e. The summed E-state index contributed by atoms with van der Waals surface area (Å²) in [5.74, 6) is 1.23. The summed E-state index contributed by atoms with van der Waals surface area (Å²) in [7, 11) is 0. The highest BCUT2D eigenvalue weighted by molar-refractivity contribution is 7.13. The molecule has 0 N–H and O–H groups in total. The third-order valence-corrected chi connectivity index (χ3v) is 5.88. The van der Waals surface area contributed by atoms with Crippen LogP contribution in [0.1, 0.15) is 38.1 Å². The summed E-state index contributed by atoms with van der Waals surface area (Å²) < 4.78 is 5.29. The monoisotopic (exact) mass is 437 g/mol. The molecular weight excluding hydrogens is 417 g/mol. The van der Waals surface area contributed by atoms with E-state index >= 15 is 0 Å². The van der Waals surface area contributed by atoms with Gasteiger partial charge in [-0.2, -0.15) is 4.98 Å². The predicted octanol–water partition coefficient (Wildman–Crippen LogP) is 5.86. The molecule has 2 aromatic heterocycles. The zero-order valence-electron chi connectivity index (χ0n) is 15.7. The van der Waals surface area contributed by atoms with Crippen LogP contribution in [0.15, 0.2) is 40.2 Å². The number of rotatable bonds is 8. The second kappa shape index (κ2) is 9.54. The number of hydrogen-bond acceptors (Lipinski definition) is 5. The molecule has 3 aromatic rings. The van der Waals surface area contributed by atoms with Crippen LogP contribution >= 0.6 is 34.5 Å². The minimum Gasteiger partial charge on any atom is -0.339 e. The maximum absolute atomic E-state index is 12.7. The van der Waals surface area contributed by atoms with Gasteiger partial charge in [0, 0.05) is 25.4 Å². The molecule has 0 bridgehead atoms. The number of aromatic nitrogens is 2. The van der Waals surface area contributed by atoms with E-state index in [-0.39, 0.29) is 11.9 Å². The van der Waals surface area contributed by atoms with Crippen LogP contribution in [0.4, 0.5) is 0 Å². The average molecular weight is 438 g/mol. The van der Waals surface area contributed by atoms with Gasteiger partial charge < -0.3 is 9.42 Å². The van der Waals surface area contributed by atoms with Gasteiger partial charge in [-0.25, -0.2) is 0 Å². The first-order valence-corrected chi connectivity index (χ1v) is 10.7. The van der Waals surface area contributed by atoms with Gasteiger partial charge in [-0.1, -0.05) is 40.5 Å². The van der Waals surface area contributed by atoms with Crippen LogP contribution in [0.2, 0.25) is 10.0 Å². The number of hydrogen-bond donors (Lipinski definition) is 0. The van der Waals surface area contributed by atoms with E-state index in [1.165, 1.54) is 0 Å². The molecule has 1 amide bonds. The number of thiophene rings is 1. The molecule has 0 atom stereocenters. The fourth-order valence-corrected chi connectivity index (χ4v) is 3.76. The van der Waals surface area contributed by atoms with Crippen molar-refractivity contribution in [1.82, 2.24) is 15.0 Å². The first kappa shape index (κ1) is 20.8. The lowest BCUT2D eigenvalue weighted by Crippen LogP contribution is -2.36. The van der Waals surface area contributed by atoms with E-state index in [0.717, 1.165) is 10.4 Å². The lowest BCUT2D eigenvalue weighted by atomic mass is 10.1. The molecule has 148 valence electrons. The van der Waals surface area contributed by atoms with E-state index in [2.05, 4.69) is 10.1 Å². The Morgan fingerprint density at radius 3 is 2.75 bits per heavy atom. The van der Waals surface area contributed by atoms with Gasteiger partial charge in [-0.3, -0.25) is 4.79 Å². The number of carbonyl (C=O) groups excluding carboxylic acids is 1. The van der Waals surface area contributed by atoms with E-state index < -0.39 is 0 Å². The average Bonchev–Trinajstić information content (AvgIpc) is 3.33. The summed E-state index contributed by atoms with van der Waals surface area (Å²) in [6, 6.07) is 9.42.